The quantitative estimate of drug-likeness (QED) is 0.789. The van der Waals surface area contributed by atoms with E-state index in [2.05, 4.69) is 39.8 Å². The van der Waals surface area contributed by atoms with Crippen LogP contribution in [0.1, 0.15) is 22.3 Å². The van der Waals surface area contributed by atoms with Crippen LogP contribution in [0.4, 0.5) is 0 Å². The number of ether oxygens (including phenoxy) is 4. The highest BCUT2D eigenvalue weighted by molar-refractivity contribution is 5.87. The Morgan fingerprint density at radius 2 is 0.958 bits per heavy atom. The Labute approximate surface area is 142 Å². The molecule has 4 rings (SSSR count). The van der Waals surface area contributed by atoms with E-state index < -0.39 is 0 Å². The van der Waals surface area contributed by atoms with Crippen molar-refractivity contribution in [2.75, 3.05) is 26.4 Å². The molecule has 0 fully saturated rings. The van der Waals surface area contributed by atoms with Gasteiger partial charge in [-0.2, -0.15) is 0 Å². The molecule has 0 unspecified atom stereocenters. The lowest BCUT2D eigenvalue weighted by Gasteiger charge is -2.28. The van der Waals surface area contributed by atoms with Crippen molar-refractivity contribution < 1.29 is 18.9 Å². The molecule has 0 atom stereocenters. The smallest absolute Gasteiger partial charge is 0.169 e. The molecule has 2 aromatic rings. The van der Waals surface area contributed by atoms with Crippen molar-refractivity contribution in [3.05, 3.63) is 34.4 Å². The summed E-state index contributed by atoms with van der Waals surface area (Å²) in [4.78, 5) is 0. The number of rotatable bonds is 1. The highest BCUT2D eigenvalue weighted by Gasteiger charge is 2.28. The van der Waals surface area contributed by atoms with Gasteiger partial charge in [-0.1, -0.05) is 0 Å². The molecule has 0 spiro atoms. The minimum absolute atomic E-state index is 0.562. The second-order valence-electron chi connectivity index (χ2n) is 6.44. The molecule has 2 heterocycles. The standard InChI is InChI=1S/C20H22O4/c1-11-9-15-19(23-7-5-21-15)17(13(11)3)18-14(4)12(2)10-16-20(18)24-8-6-22-16/h9-10H,5-8H2,1-4H3. The van der Waals surface area contributed by atoms with Gasteiger partial charge in [-0.15, -0.1) is 0 Å². The Kier molecular flexibility index (Phi) is 3.56. The lowest BCUT2D eigenvalue weighted by atomic mass is 9.89. The molecule has 0 aliphatic carbocycles. The van der Waals surface area contributed by atoms with E-state index in [0.717, 1.165) is 34.1 Å². The van der Waals surface area contributed by atoms with Crippen LogP contribution in [0.25, 0.3) is 11.1 Å². The van der Waals surface area contributed by atoms with Crippen LogP contribution in [0, 0.1) is 27.7 Å². The second-order valence-corrected chi connectivity index (χ2v) is 6.44. The summed E-state index contributed by atoms with van der Waals surface area (Å²) in [6.07, 6.45) is 0. The van der Waals surface area contributed by atoms with E-state index >= 15 is 0 Å². The first kappa shape index (κ1) is 15.2. The van der Waals surface area contributed by atoms with Crippen molar-refractivity contribution in [2.24, 2.45) is 0 Å². The zero-order valence-electron chi connectivity index (χ0n) is 14.6. The molecule has 2 aromatic carbocycles. The van der Waals surface area contributed by atoms with E-state index in [1.807, 2.05) is 0 Å². The Hall–Kier alpha value is -2.36. The number of aryl methyl sites for hydroxylation is 2. The van der Waals surface area contributed by atoms with Gasteiger partial charge in [-0.05, 0) is 62.1 Å². The molecule has 0 saturated carbocycles. The van der Waals surface area contributed by atoms with E-state index in [-0.39, 0.29) is 0 Å². The van der Waals surface area contributed by atoms with Crippen LogP contribution in [0.2, 0.25) is 0 Å². The van der Waals surface area contributed by atoms with Gasteiger partial charge in [0.1, 0.15) is 26.4 Å². The molecule has 2 aliphatic heterocycles. The molecule has 24 heavy (non-hydrogen) atoms. The van der Waals surface area contributed by atoms with Crippen molar-refractivity contribution in [2.45, 2.75) is 27.7 Å². The van der Waals surface area contributed by atoms with Gasteiger partial charge in [0.15, 0.2) is 23.0 Å². The largest absolute Gasteiger partial charge is 0.486 e. The van der Waals surface area contributed by atoms with Crippen LogP contribution in [0.15, 0.2) is 12.1 Å². The molecule has 0 N–H and O–H groups in total. The van der Waals surface area contributed by atoms with Crippen LogP contribution in [0.3, 0.4) is 0 Å². The first-order chi connectivity index (χ1) is 11.6. The first-order valence-corrected chi connectivity index (χ1v) is 8.38. The molecule has 0 aromatic heterocycles. The third-order valence-electron chi connectivity index (χ3n) is 4.95. The van der Waals surface area contributed by atoms with Crippen LogP contribution >= 0.6 is 0 Å². The van der Waals surface area contributed by atoms with Gasteiger partial charge in [-0.25, -0.2) is 0 Å². The minimum atomic E-state index is 0.562. The molecular formula is C20H22O4. The van der Waals surface area contributed by atoms with Gasteiger partial charge in [0, 0.05) is 11.1 Å². The highest BCUT2D eigenvalue weighted by atomic mass is 16.6. The average Bonchev–Trinajstić information content (AvgIpc) is 2.58. The van der Waals surface area contributed by atoms with Gasteiger partial charge in [-0.3, -0.25) is 0 Å². The normalized spacial score (nSPS) is 15.3. The molecule has 2 aliphatic rings. The van der Waals surface area contributed by atoms with Gasteiger partial charge in [0.2, 0.25) is 0 Å². The zero-order chi connectivity index (χ0) is 16.8. The summed E-state index contributed by atoms with van der Waals surface area (Å²) < 4.78 is 23.7. The van der Waals surface area contributed by atoms with E-state index in [4.69, 9.17) is 18.9 Å². The summed E-state index contributed by atoms with van der Waals surface area (Å²) in [7, 11) is 0. The predicted octanol–water partition coefficient (Wildman–Crippen LogP) is 4.13. The van der Waals surface area contributed by atoms with Gasteiger partial charge in [0.25, 0.3) is 0 Å². The Balaban J connectivity index is 2.07. The molecular weight excluding hydrogens is 304 g/mol. The van der Waals surface area contributed by atoms with Gasteiger partial charge < -0.3 is 18.9 Å². The number of hydrogen-bond donors (Lipinski definition) is 0. The average molecular weight is 326 g/mol. The monoisotopic (exact) mass is 326 g/mol. The molecule has 0 radical (unpaired) electrons. The molecule has 0 amide bonds. The lowest BCUT2D eigenvalue weighted by Crippen LogP contribution is -2.19. The van der Waals surface area contributed by atoms with Crippen LogP contribution in [0.5, 0.6) is 23.0 Å². The summed E-state index contributed by atoms with van der Waals surface area (Å²) in [6, 6.07) is 4.12. The van der Waals surface area contributed by atoms with E-state index in [1.54, 1.807) is 0 Å². The third kappa shape index (κ3) is 2.20. The molecule has 0 saturated heterocycles. The van der Waals surface area contributed by atoms with Crippen molar-refractivity contribution in [1.29, 1.82) is 0 Å². The SMILES string of the molecule is Cc1cc2c(c(-c3c(C)c(C)cc4c3OCCO4)c1C)OCCO2. The molecule has 4 nitrogen and oxygen atoms in total. The van der Waals surface area contributed by atoms with E-state index in [0.29, 0.717) is 26.4 Å². The number of fused-ring (bicyclic) bond motifs is 2. The highest BCUT2D eigenvalue weighted by Crippen LogP contribution is 2.51. The van der Waals surface area contributed by atoms with Crippen molar-refractivity contribution in [3.63, 3.8) is 0 Å². The fourth-order valence-corrected chi connectivity index (χ4v) is 3.42. The summed E-state index contributed by atoms with van der Waals surface area (Å²) in [5.74, 6) is 3.25. The molecule has 0 bridgehead atoms. The van der Waals surface area contributed by atoms with Crippen molar-refractivity contribution in [3.8, 4) is 34.1 Å². The Morgan fingerprint density at radius 3 is 1.38 bits per heavy atom. The Morgan fingerprint density at radius 1 is 0.583 bits per heavy atom. The van der Waals surface area contributed by atoms with Crippen molar-refractivity contribution >= 4 is 0 Å². The number of benzene rings is 2. The second kappa shape index (κ2) is 5.62. The number of hydrogen-bond acceptors (Lipinski definition) is 4. The maximum atomic E-state index is 6.01. The van der Waals surface area contributed by atoms with Crippen LogP contribution in [-0.4, -0.2) is 26.4 Å². The van der Waals surface area contributed by atoms with Crippen LogP contribution < -0.4 is 18.9 Å². The van der Waals surface area contributed by atoms with E-state index in [1.165, 1.54) is 22.3 Å². The third-order valence-corrected chi connectivity index (χ3v) is 4.95. The molecule has 4 heteroatoms. The fourth-order valence-electron chi connectivity index (χ4n) is 3.42. The summed E-state index contributed by atoms with van der Waals surface area (Å²) in [5, 5.41) is 0. The van der Waals surface area contributed by atoms with Crippen LogP contribution in [-0.2, 0) is 0 Å². The summed E-state index contributed by atoms with van der Waals surface area (Å²) in [6.45, 7) is 10.7. The van der Waals surface area contributed by atoms with Crippen molar-refractivity contribution in [1.82, 2.24) is 0 Å². The van der Waals surface area contributed by atoms with E-state index in [9.17, 15) is 0 Å². The molecule has 126 valence electrons. The maximum absolute atomic E-state index is 6.01. The predicted molar refractivity (Wildman–Crippen MR) is 92.8 cm³/mol. The maximum Gasteiger partial charge on any atom is 0.169 e. The lowest BCUT2D eigenvalue weighted by molar-refractivity contribution is 0.169. The van der Waals surface area contributed by atoms with Gasteiger partial charge in [0.05, 0.1) is 0 Å². The zero-order valence-corrected chi connectivity index (χ0v) is 14.6. The topological polar surface area (TPSA) is 36.9 Å². The summed E-state index contributed by atoms with van der Waals surface area (Å²) >= 11 is 0. The fraction of sp³-hybridized carbons (Fsp3) is 0.400. The first-order valence-electron chi connectivity index (χ1n) is 8.38. The summed E-state index contributed by atoms with van der Waals surface area (Å²) in [5.41, 5.74) is 6.86. The van der Waals surface area contributed by atoms with Gasteiger partial charge >= 0.3 is 0 Å². The minimum Gasteiger partial charge on any atom is -0.486 e. The Bertz CT molecular complexity index is 754.